The lowest BCUT2D eigenvalue weighted by Gasteiger charge is -2.15. The van der Waals surface area contributed by atoms with Gasteiger partial charge in [-0.25, -0.2) is 4.99 Å². The van der Waals surface area contributed by atoms with E-state index in [2.05, 4.69) is 4.99 Å². The maximum atomic E-state index is 12.8. The fourth-order valence-corrected chi connectivity index (χ4v) is 1.71. The third kappa shape index (κ3) is 6.05. The Morgan fingerprint density at radius 3 is 1.88 bits per heavy atom. The van der Waals surface area contributed by atoms with Crippen LogP contribution in [0.15, 0.2) is 23.2 Å². The van der Waals surface area contributed by atoms with Crippen molar-refractivity contribution < 1.29 is 35.9 Å². The Bertz CT molecular complexity index is 678. The molecule has 1 atom stereocenters. The molecule has 0 aromatic heterocycles. The van der Waals surface area contributed by atoms with Crippen molar-refractivity contribution in [2.75, 3.05) is 14.1 Å². The van der Waals surface area contributed by atoms with Crippen LogP contribution < -0.4 is 5.32 Å². The van der Waals surface area contributed by atoms with Crippen LogP contribution in [0.25, 0.3) is 0 Å². The number of rotatable bonds is 4. The van der Waals surface area contributed by atoms with Crippen LogP contribution in [0.5, 0.6) is 0 Å². The highest BCUT2D eigenvalue weighted by molar-refractivity contribution is 5.98. The van der Waals surface area contributed by atoms with Crippen LogP contribution in [0.2, 0.25) is 0 Å². The number of halogens is 6. The van der Waals surface area contributed by atoms with Crippen molar-refractivity contribution in [1.82, 2.24) is 10.2 Å². The topological polar surface area (TPSA) is 61.8 Å². The first kappa shape index (κ1) is 21.5. The number of carbonyl (C=O) groups is 2. The van der Waals surface area contributed by atoms with Crippen LogP contribution in [-0.2, 0) is 17.1 Å². The van der Waals surface area contributed by atoms with Crippen LogP contribution in [0, 0.1) is 0 Å². The standard InChI is InChI=1S/C15H15F6N3O2/c1-8(12(25)22-7-24(2)3)23-13(26)9-4-10(14(16,17)18)6-11(5-9)15(19,20)21/h4-8H,1-3H3,(H,23,26)/b22-7+. The molecule has 1 aromatic carbocycles. The number of hydrogen-bond acceptors (Lipinski definition) is 2. The summed E-state index contributed by atoms with van der Waals surface area (Å²) in [6.07, 6.45) is -9.02. The first-order chi connectivity index (χ1) is 11.7. The van der Waals surface area contributed by atoms with Gasteiger partial charge in [0.15, 0.2) is 0 Å². The van der Waals surface area contributed by atoms with Gasteiger partial charge in [0.25, 0.3) is 11.8 Å². The van der Waals surface area contributed by atoms with Gasteiger partial charge in [0.2, 0.25) is 0 Å². The molecule has 0 radical (unpaired) electrons. The number of carbonyl (C=O) groups excluding carboxylic acids is 2. The lowest BCUT2D eigenvalue weighted by atomic mass is 10.0. The van der Waals surface area contributed by atoms with E-state index < -0.39 is 46.9 Å². The smallest absolute Gasteiger partial charge is 0.369 e. The Hall–Kier alpha value is -2.59. The van der Waals surface area contributed by atoms with E-state index in [0.717, 1.165) is 6.34 Å². The molecular formula is C15H15F6N3O2. The summed E-state index contributed by atoms with van der Waals surface area (Å²) in [5.74, 6) is -2.09. The van der Waals surface area contributed by atoms with E-state index in [1.165, 1.54) is 11.8 Å². The molecule has 0 aliphatic heterocycles. The molecule has 5 nitrogen and oxygen atoms in total. The van der Waals surface area contributed by atoms with Crippen molar-refractivity contribution in [3.05, 3.63) is 34.9 Å². The largest absolute Gasteiger partial charge is 0.416 e. The van der Waals surface area contributed by atoms with Crippen LogP contribution in [0.4, 0.5) is 26.3 Å². The summed E-state index contributed by atoms with van der Waals surface area (Å²) in [7, 11) is 3.14. The molecular weight excluding hydrogens is 368 g/mol. The lowest BCUT2D eigenvalue weighted by Crippen LogP contribution is -2.38. The van der Waals surface area contributed by atoms with Crippen molar-refractivity contribution >= 4 is 18.2 Å². The molecule has 26 heavy (non-hydrogen) atoms. The van der Waals surface area contributed by atoms with E-state index in [0.29, 0.717) is 0 Å². The van der Waals surface area contributed by atoms with E-state index in [9.17, 15) is 35.9 Å². The summed E-state index contributed by atoms with van der Waals surface area (Å²) in [6, 6.07) is -0.773. The summed E-state index contributed by atoms with van der Waals surface area (Å²) < 4.78 is 76.7. The molecule has 11 heteroatoms. The molecule has 1 rings (SSSR count). The molecule has 0 saturated carbocycles. The minimum Gasteiger partial charge on any atom is -0.369 e. The fraction of sp³-hybridized carbons (Fsp3) is 0.400. The maximum Gasteiger partial charge on any atom is 0.416 e. The predicted molar refractivity (Wildman–Crippen MR) is 80.6 cm³/mol. The molecule has 1 unspecified atom stereocenters. The van der Waals surface area contributed by atoms with Crippen LogP contribution >= 0.6 is 0 Å². The molecule has 0 aliphatic rings. The highest BCUT2D eigenvalue weighted by Gasteiger charge is 2.37. The highest BCUT2D eigenvalue weighted by Crippen LogP contribution is 2.36. The molecule has 0 saturated heterocycles. The zero-order chi connectivity index (χ0) is 20.3. The molecule has 0 bridgehead atoms. The number of hydrogen-bond donors (Lipinski definition) is 1. The average Bonchev–Trinajstić information content (AvgIpc) is 2.50. The molecule has 144 valence electrons. The van der Waals surface area contributed by atoms with Gasteiger partial charge < -0.3 is 10.2 Å². The Labute approximate surface area is 144 Å². The molecule has 0 fully saturated rings. The first-order valence-corrected chi connectivity index (χ1v) is 7.06. The zero-order valence-corrected chi connectivity index (χ0v) is 13.9. The van der Waals surface area contributed by atoms with Gasteiger partial charge in [-0.1, -0.05) is 0 Å². The SMILES string of the molecule is CC(NC(=O)c1cc(C(F)(F)F)cc(C(F)(F)F)c1)C(=O)/N=C/N(C)C. The number of aliphatic imine (C=N–C) groups is 1. The minimum absolute atomic E-state index is 0.0905. The van der Waals surface area contributed by atoms with Gasteiger partial charge in [-0.15, -0.1) is 0 Å². The van der Waals surface area contributed by atoms with Gasteiger partial charge in [-0.05, 0) is 25.1 Å². The van der Waals surface area contributed by atoms with E-state index in [1.54, 1.807) is 14.1 Å². The van der Waals surface area contributed by atoms with Crippen molar-refractivity contribution in [2.24, 2.45) is 4.99 Å². The third-order valence-corrected chi connectivity index (χ3v) is 2.98. The molecule has 0 spiro atoms. The molecule has 2 amide bonds. The highest BCUT2D eigenvalue weighted by atomic mass is 19.4. The number of benzene rings is 1. The summed E-state index contributed by atoms with van der Waals surface area (Å²) >= 11 is 0. The second kappa shape index (κ2) is 7.75. The zero-order valence-electron chi connectivity index (χ0n) is 13.9. The van der Waals surface area contributed by atoms with Gasteiger partial charge in [0.05, 0.1) is 17.5 Å². The number of nitrogens with zero attached hydrogens (tertiary/aromatic N) is 2. The molecule has 0 aliphatic carbocycles. The van der Waals surface area contributed by atoms with Crippen molar-refractivity contribution in [3.63, 3.8) is 0 Å². The number of alkyl halides is 6. The maximum absolute atomic E-state index is 12.8. The van der Waals surface area contributed by atoms with Crippen LogP contribution in [0.1, 0.15) is 28.4 Å². The van der Waals surface area contributed by atoms with Gasteiger partial charge in [0, 0.05) is 19.7 Å². The molecule has 1 aromatic rings. The summed E-state index contributed by atoms with van der Waals surface area (Å²) in [6.45, 7) is 1.20. The van der Waals surface area contributed by atoms with Crippen molar-refractivity contribution in [3.8, 4) is 0 Å². The second-order valence-corrected chi connectivity index (χ2v) is 5.54. The second-order valence-electron chi connectivity index (χ2n) is 5.54. The van der Waals surface area contributed by atoms with Gasteiger partial charge in [-0.2, -0.15) is 26.3 Å². The predicted octanol–water partition coefficient (Wildman–Crippen LogP) is 2.96. The van der Waals surface area contributed by atoms with Gasteiger partial charge >= 0.3 is 12.4 Å². The Kier molecular flexibility index (Phi) is 6.39. The Balaban J connectivity index is 3.13. The van der Waals surface area contributed by atoms with Gasteiger partial charge in [-0.3, -0.25) is 9.59 Å². The summed E-state index contributed by atoms with van der Waals surface area (Å²) in [4.78, 5) is 28.6. The fourth-order valence-electron chi connectivity index (χ4n) is 1.71. The van der Waals surface area contributed by atoms with E-state index in [4.69, 9.17) is 0 Å². The van der Waals surface area contributed by atoms with Crippen LogP contribution in [-0.4, -0.2) is 43.2 Å². The first-order valence-electron chi connectivity index (χ1n) is 7.06. The monoisotopic (exact) mass is 383 g/mol. The van der Waals surface area contributed by atoms with E-state index in [-0.39, 0.29) is 18.2 Å². The number of nitrogens with one attached hydrogen (secondary N) is 1. The normalized spacial score (nSPS) is 13.6. The summed E-state index contributed by atoms with van der Waals surface area (Å²) in [5, 5.41) is 2.02. The molecule has 1 N–H and O–H groups in total. The van der Waals surface area contributed by atoms with Crippen molar-refractivity contribution in [2.45, 2.75) is 25.3 Å². The minimum atomic E-state index is -5.08. The molecule has 0 heterocycles. The van der Waals surface area contributed by atoms with Crippen molar-refractivity contribution in [1.29, 1.82) is 0 Å². The summed E-state index contributed by atoms with van der Waals surface area (Å²) in [5.41, 5.74) is -4.12. The number of amides is 2. The lowest BCUT2D eigenvalue weighted by molar-refractivity contribution is -0.143. The third-order valence-electron chi connectivity index (χ3n) is 2.98. The van der Waals surface area contributed by atoms with Crippen LogP contribution in [0.3, 0.4) is 0 Å². The Morgan fingerprint density at radius 2 is 1.50 bits per heavy atom. The van der Waals surface area contributed by atoms with E-state index in [1.807, 2.05) is 5.32 Å². The quantitative estimate of drug-likeness (QED) is 0.494. The Morgan fingerprint density at radius 1 is 1.04 bits per heavy atom. The van der Waals surface area contributed by atoms with Gasteiger partial charge in [0.1, 0.15) is 6.04 Å². The van der Waals surface area contributed by atoms with E-state index >= 15 is 0 Å². The average molecular weight is 383 g/mol.